The van der Waals surface area contributed by atoms with E-state index in [9.17, 15) is 9.59 Å². The van der Waals surface area contributed by atoms with Crippen LogP contribution >= 0.6 is 11.6 Å². The van der Waals surface area contributed by atoms with Crippen molar-refractivity contribution in [1.82, 2.24) is 5.16 Å². The van der Waals surface area contributed by atoms with Gasteiger partial charge in [0.1, 0.15) is 29.8 Å². The quantitative estimate of drug-likeness (QED) is 0.249. The maximum Gasteiger partial charge on any atom is 0.412 e. The molecule has 1 aromatic heterocycles. The van der Waals surface area contributed by atoms with Crippen molar-refractivity contribution in [3.8, 4) is 17.0 Å². The third-order valence-electron chi connectivity index (χ3n) is 5.65. The molecule has 0 saturated heterocycles. The van der Waals surface area contributed by atoms with Crippen LogP contribution in [-0.4, -0.2) is 22.3 Å². The average Bonchev–Trinajstić information content (AvgIpc) is 3.23. The van der Waals surface area contributed by atoms with Crippen molar-refractivity contribution in [2.24, 2.45) is 0 Å². The zero-order valence-electron chi connectivity index (χ0n) is 20.2. The number of benzene rings is 3. The van der Waals surface area contributed by atoms with E-state index in [2.05, 4.69) is 10.5 Å². The third-order valence-corrected chi connectivity index (χ3v) is 6.00. The maximum atomic E-state index is 12.6. The largest absolute Gasteiger partial charge is 0.489 e. The van der Waals surface area contributed by atoms with Crippen LogP contribution in [0.3, 0.4) is 0 Å². The van der Waals surface area contributed by atoms with Gasteiger partial charge in [-0.1, -0.05) is 77.4 Å². The van der Waals surface area contributed by atoms with Crippen LogP contribution in [0.2, 0.25) is 5.02 Å². The normalized spacial score (nSPS) is 11.5. The van der Waals surface area contributed by atoms with Crippen LogP contribution in [0.15, 0.2) is 77.3 Å². The van der Waals surface area contributed by atoms with Crippen molar-refractivity contribution in [2.75, 3.05) is 5.32 Å². The van der Waals surface area contributed by atoms with Gasteiger partial charge in [-0.15, -0.1) is 0 Å². The Morgan fingerprint density at radius 3 is 2.49 bits per heavy atom. The molecular formula is C28H25ClN2O6. The minimum atomic E-state index is -0.921. The summed E-state index contributed by atoms with van der Waals surface area (Å²) in [5.74, 6) is 0.0341. The first-order chi connectivity index (χ1) is 17.8. The summed E-state index contributed by atoms with van der Waals surface area (Å²) in [6.45, 7) is 3.69. The number of anilines is 1. The smallest absolute Gasteiger partial charge is 0.412 e. The predicted octanol–water partition coefficient (Wildman–Crippen LogP) is 6.82. The van der Waals surface area contributed by atoms with Crippen LogP contribution in [0.4, 0.5) is 10.5 Å². The zero-order chi connectivity index (χ0) is 26.4. The summed E-state index contributed by atoms with van der Waals surface area (Å²) in [6.07, 6.45) is -1.34. The number of para-hydroxylation sites is 1. The van der Waals surface area contributed by atoms with E-state index in [1.165, 1.54) is 0 Å². The molecule has 9 heteroatoms. The van der Waals surface area contributed by atoms with E-state index < -0.39 is 18.2 Å². The number of hydrogen-bond donors (Lipinski definition) is 2. The Morgan fingerprint density at radius 1 is 1.05 bits per heavy atom. The number of nitrogens with zero attached hydrogens (tertiary/aromatic N) is 1. The number of nitrogens with one attached hydrogen (secondary N) is 1. The number of carbonyl (C=O) groups excluding carboxylic acids is 1. The first-order valence-electron chi connectivity index (χ1n) is 11.5. The molecule has 1 amide bonds. The molecule has 8 nitrogen and oxygen atoms in total. The fourth-order valence-corrected chi connectivity index (χ4v) is 4.04. The second-order valence-electron chi connectivity index (χ2n) is 8.32. The number of carboxylic acid groups (broad SMARTS) is 1. The summed E-state index contributed by atoms with van der Waals surface area (Å²) in [5, 5.41) is 16.4. The molecule has 0 unspecified atom stereocenters. The van der Waals surface area contributed by atoms with Crippen LogP contribution < -0.4 is 10.1 Å². The molecule has 0 saturated carbocycles. The number of carbonyl (C=O) groups is 2. The van der Waals surface area contributed by atoms with Crippen LogP contribution in [0.1, 0.15) is 35.5 Å². The second-order valence-corrected chi connectivity index (χ2v) is 8.73. The standard InChI is InChI=1S/C28H25ClN2O6/c1-17(22-8-4-5-9-23(22)29)36-28(34)30-26-18(2)37-31-27(26)20-13-11-19(12-14-20)16-35-24-10-6-3-7-21(24)15-25(32)33/h3-14,17H,15-16H2,1-2H3,(H,30,34)(H,32,33)/t17-/m1/s1. The highest BCUT2D eigenvalue weighted by Gasteiger charge is 2.20. The Kier molecular flexibility index (Phi) is 8.10. The molecule has 0 fully saturated rings. The van der Waals surface area contributed by atoms with Gasteiger partial charge in [-0.25, -0.2) is 4.79 Å². The number of halogens is 1. The molecule has 1 atom stereocenters. The number of carboxylic acids is 1. The Labute approximate surface area is 218 Å². The molecule has 1 heterocycles. The molecule has 4 aromatic rings. The fraction of sp³-hybridized carbons (Fsp3) is 0.179. The van der Waals surface area contributed by atoms with Crippen LogP contribution in [-0.2, 0) is 22.6 Å². The first-order valence-corrected chi connectivity index (χ1v) is 11.9. The molecule has 0 aliphatic carbocycles. The summed E-state index contributed by atoms with van der Waals surface area (Å²) in [4.78, 5) is 23.7. The minimum absolute atomic E-state index is 0.115. The molecule has 37 heavy (non-hydrogen) atoms. The summed E-state index contributed by atoms with van der Waals surface area (Å²) >= 11 is 6.20. The summed E-state index contributed by atoms with van der Waals surface area (Å²) in [6, 6.07) is 21.6. The van der Waals surface area contributed by atoms with Gasteiger partial charge >= 0.3 is 12.1 Å². The van der Waals surface area contributed by atoms with E-state index in [1.54, 1.807) is 56.3 Å². The van der Waals surface area contributed by atoms with Gasteiger partial charge in [-0.2, -0.15) is 0 Å². The average molecular weight is 521 g/mol. The van der Waals surface area contributed by atoms with Crippen molar-refractivity contribution in [1.29, 1.82) is 0 Å². The number of aryl methyl sites for hydroxylation is 1. The second kappa shape index (κ2) is 11.6. The monoisotopic (exact) mass is 520 g/mol. The zero-order valence-corrected chi connectivity index (χ0v) is 21.0. The first kappa shape index (κ1) is 25.8. The minimum Gasteiger partial charge on any atom is -0.489 e. The molecule has 0 aliphatic heterocycles. The van der Waals surface area contributed by atoms with Crippen LogP contribution in [0, 0.1) is 6.92 Å². The number of rotatable bonds is 9. The van der Waals surface area contributed by atoms with E-state index in [-0.39, 0.29) is 13.0 Å². The predicted molar refractivity (Wildman–Crippen MR) is 139 cm³/mol. The SMILES string of the molecule is Cc1onc(-c2ccc(COc3ccccc3CC(=O)O)cc2)c1NC(=O)O[C@H](C)c1ccccc1Cl. The Balaban J connectivity index is 1.42. The molecule has 0 bridgehead atoms. The lowest BCUT2D eigenvalue weighted by Crippen LogP contribution is -2.17. The Bertz CT molecular complexity index is 1400. The van der Waals surface area contributed by atoms with Gasteiger partial charge < -0.3 is 19.1 Å². The number of ether oxygens (including phenoxy) is 2. The fourth-order valence-electron chi connectivity index (χ4n) is 3.75. The molecule has 0 radical (unpaired) electrons. The molecular weight excluding hydrogens is 496 g/mol. The van der Waals surface area contributed by atoms with Crippen LogP contribution in [0.25, 0.3) is 11.3 Å². The highest BCUT2D eigenvalue weighted by atomic mass is 35.5. The summed E-state index contributed by atoms with van der Waals surface area (Å²) in [7, 11) is 0. The van der Waals surface area contributed by atoms with Gasteiger partial charge in [-0.05, 0) is 31.5 Å². The van der Waals surface area contributed by atoms with Crippen molar-refractivity contribution < 1.29 is 28.7 Å². The van der Waals surface area contributed by atoms with Crippen molar-refractivity contribution in [3.63, 3.8) is 0 Å². The number of amides is 1. The van der Waals surface area contributed by atoms with Gasteiger partial charge in [0.25, 0.3) is 0 Å². The van der Waals surface area contributed by atoms with Crippen molar-refractivity contribution >= 4 is 29.4 Å². The van der Waals surface area contributed by atoms with Gasteiger partial charge in [0.05, 0.1) is 6.42 Å². The number of aromatic nitrogens is 1. The molecule has 3 aromatic carbocycles. The van der Waals surface area contributed by atoms with E-state index in [0.717, 1.165) is 11.1 Å². The van der Waals surface area contributed by atoms with Crippen molar-refractivity contribution in [2.45, 2.75) is 33.0 Å². The molecule has 190 valence electrons. The van der Waals surface area contributed by atoms with Gasteiger partial charge in [0.15, 0.2) is 5.76 Å². The van der Waals surface area contributed by atoms with Gasteiger partial charge in [0.2, 0.25) is 0 Å². The van der Waals surface area contributed by atoms with E-state index in [4.69, 9.17) is 30.7 Å². The maximum absolute atomic E-state index is 12.6. The van der Waals surface area contributed by atoms with Gasteiger partial charge in [-0.3, -0.25) is 10.1 Å². The molecule has 0 spiro atoms. The summed E-state index contributed by atoms with van der Waals surface area (Å²) < 4.78 is 16.7. The Morgan fingerprint density at radius 2 is 1.76 bits per heavy atom. The van der Waals surface area contributed by atoms with E-state index in [1.807, 2.05) is 30.3 Å². The lowest BCUT2D eigenvalue weighted by Gasteiger charge is -2.15. The number of aliphatic carboxylic acids is 1. The Hall–Kier alpha value is -4.30. The molecule has 2 N–H and O–H groups in total. The molecule has 0 aliphatic rings. The van der Waals surface area contributed by atoms with Crippen LogP contribution in [0.5, 0.6) is 5.75 Å². The lowest BCUT2D eigenvalue weighted by molar-refractivity contribution is -0.136. The highest BCUT2D eigenvalue weighted by molar-refractivity contribution is 6.31. The number of hydrogen-bond acceptors (Lipinski definition) is 6. The lowest BCUT2D eigenvalue weighted by atomic mass is 10.1. The molecule has 4 rings (SSSR count). The van der Waals surface area contributed by atoms with Gasteiger partial charge in [0, 0.05) is 21.7 Å². The van der Waals surface area contributed by atoms with E-state index >= 15 is 0 Å². The highest BCUT2D eigenvalue weighted by Crippen LogP contribution is 2.32. The van der Waals surface area contributed by atoms with Crippen molar-refractivity contribution in [3.05, 3.63) is 100 Å². The van der Waals surface area contributed by atoms with E-state index in [0.29, 0.717) is 39.0 Å². The third kappa shape index (κ3) is 6.48. The topological polar surface area (TPSA) is 111 Å². The summed E-state index contributed by atoms with van der Waals surface area (Å²) in [5.41, 5.74) is 3.76.